The molecule has 0 aromatic heterocycles. The lowest BCUT2D eigenvalue weighted by Crippen LogP contribution is -2.30. The normalized spacial score (nSPS) is 11.6. The van der Waals surface area contributed by atoms with E-state index in [1.54, 1.807) is 26.0 Å². The summed E-state index contributed by atoms with van der Waals surface area (Å²) in [6.07, 6.45) is 0. The number of hydrogen-bond donors (Lipinski definition) is 1. The monoisotopic (exact) mass is 345 g/mol. The Labute approximate surface area is 147 Å². The fourth-order valence-electron chi connectivity index (χ4n) is 2.19. The standard InChI is InChI=1S/C19H23NO3S/c1-14(24-13-15-7-5-4-6-8-15)19(21)20-12-16-9-10-17(22-2)18(11-16)23-3/h4-11,14H,12-13H2,1-3H3,(H,20,21)/t14-/m0/s1. The first kappa shape index (κ1) is 18.2. The number of carbonyl (C=O) groups excluding carboxylic acids is 1. The van der Waals surface area contributed by atoms with Crippen LogP contribution in [0, 0.1) is 0 Å². The molecule has 1 atom stereocenters. The molecule has 2 rings (SSSR count). The van der Waals surface area contributed by atoms with E-state index in [0.29, 0.717) is 18.0 Å². The topological polar surface area (TPSA) is 47.6 Å². The lowest BCUT2D eigenvalue weighted by Gasteiger charge is -2.13. The van der Waals surface area contributed by atoms with Crippen LogP contribution in [0.4, 0.5) is 0 Å². The molecule has 2 aromatic carbocycles. The highest BCUT2D eigenvalue weighted by molar-refractivity contribution is 7.99. The molecular weight excluding hydrogens is 322 g/mol. The smallest absolute Gasteiger partial charge is 0.233 e. The van der Waals surface area contributed by atoms with Gasteiger partial charge < -0.3 is 14.8 Å². The Kier molecular flexibility index (Phi) is 7.00. The molecule has 0 aliphatic heterocycles. The molecule has 0 fully saturated rings. The molecule has 0 spiro atoms. The van der Waals surface area contributed by atoms with Crippen LogP contribution in [0.5, 0.6) is 11.5 Å². The third kappa shape index (κ3) is 5.20. The fraction of sp³-hybridized carbons (Fsp3) is 0.316. The van der Waals surface area contributed by atoms with Gasteiger partial charge in [0.25, 0.3) is 0 Å². The predicted molar refractivity (Wildman–Crippen MR) is 98.6 cm³/mol. The number of nitrogens with one attached hydrogen (secondary N) is 1. The van der Waals surface area contributed by atoms with Gasteiger partial charge in [-0.3, -0.25) is 4.79 Å². The van der Waals surface area contributed by atoms with Crippen LogP contribution in [0.25, 0.3) is 0 Å². The number of ether oxygens (including phenoxy) is 2. The van der Waals surface area contributed by atoms with Gasteiger partial charge in [0.05, 0.1) is 19.5 Å². The second kappa shape index (κ2) is 9.23. The zero-order valence-electron chi connectivity index (χ0n) is 14.2. The van der Waals surface area contributed by atoms with Gasteiger partial charge >= 0.3 is 0 Å². The van der Waals surface area contributed by atoms with E-state index < -0.39 is 0 Å². The number of amides is 1. The van der Waals surface area contributed by atoms with Gasteiger partial charge in [0.2, 0.25) is 5.91 Å². The van der Waals surface area contributed by atoms with E-state index in [9.17, 15) is 4.79 Å². The average Bonchev–Trinajstić information content (AvgIpc) is 2.64. The molecular formula is C19H23NO3S. The Balaban J connectivity index is 1.83. The Morgan fingerprint density at radius 3 is 2.42 bits per heavy atom. The molecule has 0 heterocycles. The van der Waals surface area contributed by atoms with Crippen LogP contribution in [0.15, 0.2) is 48.5 Å². The van der Waals surface area contributed by atoms with Crippen LogP contribution in [0.2, 0.25) is 0 Å². The zero-order chi connectivity index (χ0) is 17.4. The summed E-state index contributed by atoms with van der Waals surface area (Å²) in [4.78, 5) is 12.2. The number of rotatable bonds is 8. The van der Waals surface area contributed by atoms with Crippen LogP contribution >= 0.6 is 11.8 Å². The minimum Gasteiger partial charge on any atom is -0.493 e. The second-order valence-corrected chi connectivity index (χ2v) is 6.68. The predicted octanol–water partition coefficient (Wildman–Crippen LogP) is 3.64. The van der Waals surface area contributed by atoms with Crippen molar-refractivity contribution in [2.24, 2.45) is 0 Å². The Bertz CT molecular complexity index is 661. The molecule has 0 saturated heterocycles. The highest BCUT2D eigenvalue weighted by Gasteiger charge is 2.13. The first-order valence-corrected chi connectivity index (χ1v) is 8.83. The molecule has 0 bridgehead atoms. The molecule has 0 unspecified atom stereocenters. The third-order valence-corrected chi connectivity index (χ3v) is 4.84. The summed E-state index contributed by atoms with van der Waals surface area (Å²) in [7, 11) is 3.20. The van der Waals surface area contributed by atoms with Crippen LogP contribution in [0.3, 0.4) is 0 Å². The molecule has 0 saturated carbocycles. The summed E-state index contributed by atoms with van der Waals surface area (Å²) in [5.41, 5.74) is 2.20. The molecule has 1 N–H and O–H groups in total. The molecule has 0 aliphatic rings. The molecule has 2 aromatic rings. The van der Waals surface area contributed by atoms with E-state index in [4.69, 9.17) is 9.47 Å². The van der Waals surface area contributed by atoms with E-state index in [-0.39, 0.29) is 11.2 Å². The van der Waals surface area contributed by atoms with Gasteiger partial charge in [-0.15, -0.1) is 11.8 Å². The van der Waals surface area contributed by atoms with E-state index in [2.05, 4.69) is 17.4 Å². The minimum absolute atomic E-state index is 0.0331. The second-order valence-electron chi connectivity index (χ2n) is 5.35. The van der Waals surface area contributed by atoms with Gasteiger partial charge in [0.1, 0.15) is 0 Å². The van der Waals surface area contributed by atoms with Gasteiger partial charge in [-0.05, 0) is 30.2 Å². The number of thioether (sulfide) groups is 1. The summed E-state index contributed by atoms with van der Waals surface area (Å²) in [5.74, 6) is 2.20. The molecule has 4 nitrogen and oxygen atoms in total. The van der Waals surface area contributed by atoms with Gasteiger partial charge in [-0.1, -0.05) is 36.4 Å². The maximum atomic E-state index is 12.2. The number of hydrogen-bond acceptors (Lipinski definition) is 4. The Morgan fingerprint density at radius 2 is 1.75 bits per heavy atom. The van der Waals surface area contributed by atoms with E-state index in [1.165, 1.54) is 5.56 Å². The summed E-state index contributed by atoms with van der Waals surface area (Å²) >= 11 is 1.63. The van der Waals surface area contributed by atoms with Crippen molar-refractivity contribution < 1.29 is 14.3 Å². The van der Waals surface area contributed by atoms with Gasteiger partial charge in [0, 0.05) is 12.3 Å². The summed E-state index contributed by atoms with van der Waals surface area (Å²) in [6, 6.07) is 15.8. The number of benzene rings is 2. The van der Waals surface area contributed by atoms with Gasteiger partial charge in [-0.2, -0.15) is 0 Å². The number of methoxy groups -OCH3 is 2. The van der Waals surface area contributed by atoms with Crippen molar-refractivity contribution in [2.45, 2.75) is 24.5 Å². The Hall–Kier alpha value is -2.14. The van der Waals surface area contributed by atoms with E-state index in [0.717, 1.165) is 11.3 Å². The summed E-state index contributed by atoms with van der Waals surface area (Å²) in [6.45, 7) is 2.40. The molecule has 24 heavy (non-hydrogen) atoms. The minimum atomic E-state index is -0.106. The first-order chi connectivity index (χ1) is 11.6. The van der Waals surface area contributed by atoms with Gasteiger partial charge in [0.15, 0.2) is 11.5 Å². The molecule has 0 aliphatic carbocycles. The van der Waals surface area contributed by atoms with E-state index >= 15 is 0 Å². The Morgan fingerprint density at radius 1 is 1.04 bits per heavy atom. The van der Waals surface area contributed by atoms with Crippen molar-refractivity contribution in [2.75, 3.05) is 14.2 Å². The third-order valence-electron chi connectivity index (χ3n) is 3.63. The lowest BCUT2D eigenvalue weighted by atomic mass is 10.2. The largest absolute Gasteiger partial charge is 0.493 e. The molecule has 128 valence electrons. The maximum Gasteiger partial charge on any atom is 0.233 e. The van der Waals surface area contributed by atoms with Crippen molar-refractivity contribution >= 4 is 17.7 Å². The molecule has 1 amide bonds. The fourth-order valence-corrected chi connectivity index (χ4v) is 3.06. The highest BCUT2D eigenvalue weighted by Crippen LogP contribution is 2.27. The van der Waals surface area contributed by atoms with Crippen molar-refractivity contribution in [3.05, 3.63) is 59.7 Å². The van der Waals surface area contributed by atoms with Crippen molar-refractivity contribution in [1.29, 1.82) is 0 Å². The number of carbonyl (C=O) groups is 1. The van der Waals surface area contributed by atoms with Crippen molar-refractivity contribution in [1.82, 2.24) is 5.32 Å². The maximum absolute atomic E-state index is 12.2. The molecule has 5 heteroatoms. The first-order valence-electron chi connectivity index (χ1n) is 7.78. The van der Waals surface area contributed by atoms with Crippen molar-refractivity contribution in [3.8, 4) is 11.5 Å². The van der Waals surface area contributed by atoms with E-state index in [1.807, 2.05) is 43.3 Å². The van der Waals surface area contributed by atoms with Crippen LogP contribution in [-0.4, -0.2) is 25.4 Å². The summed E-state index contributed by atoms with van der Waals surface area (Å²) in [5, 5.41) is 2.86. The van der Waals surface area contributed by atoms with Gasteiger partial charge in [-0.25, -0.2) is 0 Å². The summed E-state index contributed by atoms with van der Waals surface area (Å²) < 4.78 is 10.5. The van der Waals surface area contributed by atoms with Crippen LogP contribution < -0.4 is 14.8 Å². The average molecular weight is 345 g/mol. The van der Waals surface area contributed by atoms with Crippen molar-refractivity contribution in [3.63, 3.8) is 0 Å². The van der Waals surface area contributed by atoms with Crippen LogP contribution in [0.1, 0.15) is 18.1 Å². The molecule has 0 radical (unpaired) electrons. The zero-order valence-corrected chi connectivity index (χ0v) is 15.1. The SMILES string of the molecule is COc1ccc(CNC(=O)[C@H](C)SCc2ccccc2)cc1OC. The highest BCUT2D eigenvalue weighted by atomic mass is 32.2. The quantitative estimate of drug-likeness (QED) is 0.793. The lowest BCUT2D eigenvalue weighted by molar-refractivity contribution is -0.120. The van der Waals surface area contributed by atoms with Crippen LogP contribution in [-0.2, 0) is 17.1 Å².